The van der Waals surface area contributed by atoms with E-state index in [1.54, 1.807) is 0 Å². The second-order valence-corrected chi connectivity index (χ2v) is 10.5. The first kappa shape index (κ1) is 16.6. The van der Waals surface area contributed by atoms with Crippen LogP contribution in [0.1, 0.15) is 89.9 Å². The van der Waals surface area contributed by atoms with Gasteiger partial charge in [0.05, 0.1) is 0 Å². The van der Waals surface area contributed by atoms with Gasteiger partial charge in [-0.3, -0.25) is 5.14 Å². The molecule has 0 aromatic rings. The molecule has 2 aliphatic rings. The lowest BCUT2D eigenvalue weighted by molar-refractivity contribution is 0.605. The van der Waals surface area contributed by atoms with Gasteiger partial charge in [-0.25, -0.2) is 0 Å². The molecule has 0 aromatic carbocycles. The van der Waals surface area contributed by atoms with E-state index in [1.165, 1.54) is 95.6 Å². The lowest BCUT2D eigenvalue weighted by Gasteiger charge is -2.48. The van der Waals surface area contributed by atoms with Crippen LogP contribution in [-0.2, 0) is 0 Å². The van der Waals surface area contributed by atoms with E-state index in [0.29, 0.717) is 5.37 Å². The summed E-state index contributed by atoms with van der Waals surface area (Å²) < 4.78 is 0. The predicted octanol–water partition coefficient (Wildman–Crippen LogP) is 4.81. The quantitative estimate of drug-likeness (QED) is 0.730. The molecule has 0 spiro atoms. The molecule has 2 fully saturated rings. The molecule has 1 saturated carbocycles. The third-order valence-corrected chi connectivity index (χ3v) is 9.54. The van der Waals surface area contributed by atoms with E-state index in [1.807, 2.05) is 0 Å². The van der Waals surface area contributed by atoms with Gasteiger partial charge in [-0.05, 0) is 31.4 Å². The minimum Gasteiger partial charge on any atom is -0.320 e. The van der Waals surface area contributed by atoms with Crippen molar-refractivity contribution in [2.75, 3.05) is 5.75 Å². The van der Waals surface area contributed by atoms with Crippen molar-refractivity contribution in [2.24, 2.45) is 10.9 Å². The van der Waals surface area contributed by atoms with E-state index in [9.17, 15) is 0 Å². The van der Waals surface area contributed by atoms with Crippen molar-refractivity contribution in [3.63, 3.8) is 0 Å². The average molecular weight is 301 g/mol. The Labute approximate surface area is 127 Å². The molecular weight excluding hydrogens is 264 g/mol. The number of nitrogens with two attached hydrogens (primary N) is 2. The van der Waals surface area contributed by atoms with Gasteiger partial charge in [-0.1, -0.05) is 64.2 Å². The van der Waals surface area contributed by atoms with E-state index in [4.69, 9.17) is 10.9 Å². The molecule has 2 rings (SSSR count). The standard InChI is InChI=1S/C17H36N2S/c18-17-14-10-6-3-7-11-15-20(17,19)16-12-8-4-1-2-5-9-13-16/h16-17H,1-15,18-19H2. The van der Waals surface area contributed by atoms with E-state index in [-0.39, 0.29) is 0 Å². The van der Waals surface area contributed by atoms with Gasteiger partial charge < -0.3 is 5.73 Å². The summed E-state index contributed by atoms with van der Waals surface area (Å²) in [6.07, 6.45) is 19.2. The van der Waals surface area contributed by atoms with Crippen molar-refractivity contribution in [3.8, 4) is 0 Å². The Hall–Kier alpha value is 0.270. The molecular formula is C17H36N2S. The average Bonchev–Trinajstić information content (AvgIpc) is 2.63. The Bertz CT molecular complexity index is 262. The van der Waals surface area contributed by atoms with Crippen LogP contribution in [0.2, 0.25) is 0 Å². The summed E-state index contributed by atoms with van der Waals surface area (Å²) in [6, 6.07) is 0. The summed E-state index contributed by atoms with van der Waals surface area (Å²) in [4.78, 5) is 0. The van der Waals surface area contributed by atoms with Crippen LogP contribution in [0.3, 0.4) is 0 Å². The summed E-state index contributed by atoms with van der Waals surface area (Å²) in [6.45, 7) is 0. The van der Waals surface area contributed by atoms with Gasteiger partial charge in [-0.15, -0.1) is 0 Å². The number of hydrogen-bond donors (Lipinski definition) is 2. The first-order valence-corrected chi connectivity index (χ1v) is 11.0. The fourth-order valence-corrected chi connectivity index (χ4v) is 7.70. The molecule has 2 atom stereocenters. The molecule has 2 nitrogen and oxygen atoms in total. The van der Waals surface area contributed by atoms with Crippen molar-refractivity contribution in [2.45, 2.75) is 101 Å². The zero-order valence-electron chi connectivity index (χ0n) is 13.3. The molecule has 1 heterocycles. The van der Waals surface area contributed by atoms with Crippen LogP contribution in [0.15, 0.2) is 0 Å². The third kappa shape index (κ3) is 4.64. The maximum atomic E-state index is 7.05. The van der Waals surface area contributed by atoms with Crippen molar-refractivity contribution in [1.29, 1.82) is 0 Å². The van der Waals surface area contributed by atoms with E-state index in [2.05, 4.69) is 0 Å². The van der Waals surface area contributed by atoms with E-state index < -0.39 is 10.2 Å². The second kappa shape index (κ2) is 8.65. The van der Waals surface area contributed by atoms with Crippen molar-refractivity contribution < 1.29 is 0 Å². The highest BCUT2D eigenvalue weighted by atomic mass is 32.3. The molecule has 0 bridgehead atoms. The maximum absolute atomic E-state index is 7.05. The van der Waals surface area contributed by atoms with Gasteiger partial charge in [0.25, 0.3) is 0 Å². The smallest absolute Gasteiger partial charge is 0.0465 e. The largest absolute Gasteiger partial charge is 0.320 e. The molecule has 0 radical (unpaired) electrons. The maximum Gasteiger partial charge on any atom is 0.0465 e. The topological polar surface area (TPSA) is 52.0 Å². The van der Waals surface area contributed by atoms with Crippen LogP contribution in [0.4, 0.5) is 0 Å². The molecule has 3 heteroatoms. The van der Waals surface area contributed by atoms with Crippen molar-refractivity contribution in [1.82, 2.24) is 0 Å². The number of rotatable bonds is 1. The highest BCUT2D eigenvalue weighted by Crippen LogP contribution is 2.54. The second-order valence-electron chi connectivity index (χ2n) is 7.03. The Balaban J connectivity index is 2.04. The van der Waals surface area contributed by atoms with Gasteiger partial charge in [0.15, 0.2) is 0 Å². The van der Waals surface area contributed by atoms with Gasteiger partial charge in [0, 0.05) is 10.6 Å². The molecule has 0 amide bonds. The molecule has 0 aromatic heterocycles. The Morgan fingerprint density at radius 1 is 0.600 bits per heavy atom. The van der Waals surface area contributed by atoms with E-state index in [0.717, 1.165) is 5.25 Å². The zero-order chi connectivity index (χ0) is 14.3. The molecule has 1 aliphatic heterocycles. The van der Waals surface area contributed by atoms with Crippen LogP contribution in [0, 0.1) is 0 Å². The first-order valence-electron chi connectivity index (χ1n) is 9.05. The summed E-state index contributed by atoms with van der Waals surface area (Å²) in [5.74, 6) is 1.25. The van der Waals surface area contributed by atoms with Crippen LogP contribution in [0.25, 0.3) is 0 Å². The minimum atomic E-state index is -1.08. The fourth-order valence-electron chi connectivity index (χ4n) is 4.05. The van der Waals surface area contributed by atoms with E-state index >= 15 is 0 Å². The van der Waals surface area contributed by atoms with Gasteiger partial charge in [0.2, 0.25) is 0 Å². The lowest BCUT2D eigenvalue weighted by atomic mass is 10.1. The summed E-state index contributed by atoms with van der Waals surface area (Å²) in [5.41, 5.74) is 6.62. The summed E-state index contributed by atoms with van der Waals surface area (Å²) in [5, 5.41) is 8.12. The Kier molecular flexibility index (Phi) is 7.20. The molecule has 120 valence electrons. The highest BCUT2D eigenvalue weighted by Gasteiger charge is 2.34. The van der Waals surface area contributed by atoms with Crippen LogP contribution < -0.4 is 10.9 Å². The Morgan fingerprint density at radius 3 is 1.65 bits per heavy atom. The number of hydrogen-bond acceptors (Lipinski definition) is 2. The zero-order valence-corrected chi connectivity index (χ0v) is 14.1. The molecule has 2 unspecified atom stereocenters. The Morgan fingerprint density at radius 2 is 1.05 bits per heavy atom. The van der Waals surface area contributed by atoms with Crippen LogP contribution in [0.5, 0.6) is 0 Å². The molecule has 20 heavy (non-hydrogen) atoms. The summed E-state index contributed by atoms with van der Waals surface area (Å²) >= 11 is 0. The summed E-state index contributed by atoms with van der Waals surface area (Å²) in [7, 11) is -1.08. The third-order valence-electron chi connectivity index (χ3n) is 5.47. The SMILES string of the molecule is NC1CCCCCCCS1(N)C1CCCCCCCC1. The molecule has 1 aliphatic carbocycles. The van der Waals surface area contributed by atoms with Gasteiger partial charge in [-0.2, -0.15) is 10.2 Å². The monoisotopic (exact) mass is 300 g/mol. The fraction of sp³-hybridized carbons (Fsp3) is 1.00. The van der Waals surface area contributed by atoms with Crippen LogP contribution >= 0.6 is 10.2 Å². The van der Waals surface area contributed by atoms with Gasteiger partial charge in [0.1, 0.15) is 0 Å². The predicted molar refractivity (Wildman–Crippen MR) is 93.0 cm³/mol. The van der Waals surface area contributed by atoms with Crippen molar-refractivity contribution in [3.05, 3.63) is 0 Å². The lowest BCUT2D eigenvalue weighted by Crippen LogP contribution is -2.42. The molecule has 4 N–H and O–H groups in total. The first-order chi connectivity index (χ1) is 9.73. The van der Waals surface area contributed by atoms with Crippen molar-refractivity contribution >= 4 is 10.2 Å². The van der Waals surface area contributed by atoms with Crippen LogP contribution in [-0.4, -0.2) is 16.4 Å². The molecule has 1 saturated heterocycles. The normalized spacial score (nSPS) is 39.2. The highest BCUT2D eigenvalue weighted by molar-refractivity contribution is 8.32. The minimum absolute atomic E-state index is 0.311. The van der Waals surface area contributed by atoms with Gasteiger partial charge >= 0.3 is 0 Å².